The fourth-order valence-electron chi connectivity index (χ4n) is 2.77. The number of amides is 2. The van der Waals surface area contributed by atoms with Crippen LogP contribution in [0.15, 0.2) is 35.9 Å². The number of hydrogen-bond donors (Lipinski definition) is 1. The highest BCUT2D eigenvalue weighted by Crippen LogP contribution is 2.33. The van der Waals surface area contributed by atoms with Crippen molar-refractivity contribution in [1.29, 1.82) is 0 Å². The van der Waals surface area contributed by atoms with E-state index in [1.165, 1.54) is 34.0 Å². The number of ether oxygens (including phenoxy) is 1. The van der Waals surface area contributed by atoms with Crippen LogP contribution in [-0.2, 0) is 16.0 Å². The van der Waals surface area contributed by atoms with Crippen molar-refractivity contribution in [3.05, 3.63) is 41.5 Å². The van der Waals surface area contributed by atoms with Crippen molar-refractivity contribution in [1.82, 2.24) is 10.2 Å². The number of carbonyl (C=O) groups is 2. The summed E-state index contributed by atoms with van der Waals surface area (Å²) in [4.78, 5) is 25.9. The minimum atomic E-state index is -0.970. The van der Waals surface area contributed by atoms with Crippen LogP contribution in [0.5, 0.6) is 5.75 Å². The number of allylic oxidation sites excluding steroid dienone is 1. The van der Waals surface area contributed by atoms with E-state index in [2.05, 4.69) is 5.32 Å². The van der Waals surface area contributed by atoms with Gasteiger partial charge in [-0.2, -0.15) is 0 Å². The van der Waals surface area contributed by atoms with Crippen LogP contribution in [0.3, 0.4) is 0 Å². The molecule has 142 valence electrons. The van der Waals surface area contributed by atoms with Gasteiger partial charge in [0.05, 0.1) is 0 Å². The molecule has 0 saturated carbocycles. The SMILES string of the molecule is CS[C@@H]1C(=O)N[C@](Cc2ccc(OCC=C(C)C)cc2)(SC)C(=O)N1C. The number of nitrogens with one attached hydrogen (secondary N) is 1. The van der Waals surface area contributed by atoms with E-state index in [-0.39, 0.29) is 11.8 Å². The lowest BCUT2D eigenvalue weighted by molar-refractivity contribution is -0.145. The Labute approximate surface area is 163 Å². The third kappa shape index (κ3) is 4.57. The molecule has 7 heteroatoms. The van der Waals surface area contributed by atoms with E-state index in [1.54, 1.807) is 7.05 Å². The van der Waals surface area contributed by atoms with Crippen LogP contribution in [0.2, 0.25) is 0 Å². The normalized spacial score (nSPS) is 22.8. The van der Waals surface area contributed by atoms with Gasteiger partial charge in [-0.05, 0) is 50.1 Å². The summed E-state index contributed by atoms with van der Waals surface area (Å²) in [6.45, 7) is 4.59. The van der Waals surface area contributed by atoms with Gasteiger partial charge >= 0.3 is 0 Å². The second kappa shape index (κ2) is 8.86. The number of likely N-dealkylation sites (N-methyl/N-ethyl adjacent to an activating group) is 1. The first-order valence-corrected chi connectivity index (χ1v) is 10.9. The molecule has 26 heavy (non-hydrogen) atoms. The maximum atomic E-state index is 12.9. The molecular formula is C19H26N2O3S2. The van der Waals surface area contributed by atoms with Gasteiger partial charge in [0.2, 0.25) is 0 Å². The summed E-state index contributed by atoms with van der Waals surface area (Å²) in [7, 11) is 1.69. The number of hydrogen-bond acceptors (Lipinski definition) is 5. The lowest BCUT2D eigenvalue weighted by atomic mass is 10.0. The molecule has 1 aliphatic rings. The summed E-state index contributed by atoms with van der Waals surface area (Å²) in [6.07, 6.45) is 6.12. The number of carbonyl (C=O) groups excluding carboxylic acids is 2. The number of nitrogens with zero attached hydrogens (tertiary/aromatic N) is 1. The summed E-state index contributed by atoms with van der Waals surface area (Å²) in [5.41, 5.74) is 2.18. The Morgan fingerprint density at radius 2 is 1.92 bits per heavy atom. The van der Waals surface area contributed by atoms with Crippen molar-refractivity contribution in [2.24, 2.45) is 0 Å². The van der Waals surface area contributed by atoms with Gasteiger partial charge in [-0.1, -0.05) is 17.7 Å². The van der Waals surface area contributed by atoms with Crippen molar-refractivity contribution in [3.8, 4) is 5.75 Å². The largest absolute Gasteiger partial charge is 0.490 e. The average Bonchev–Trinajstić information content (AvgIpc) is 2.61. The van der Waals surface area contributed by atoms with Crippen LogP contribution in [0, 0.1) is 0 Å². The van der Waals surface area contributed by atoms with E-state index in [9.17, 15) is 9.59 Å². The monoisotopic (exact) mass is 394 g/mol. The molecule has 2 atom stereocenters. The Bertz CT molecular complexity index is 687. The van der Waals surface area contributed by atoms with E-state index < -0.39 is 10.2 Å². The van der Waals surface area contributed by atoms with Gasteiger partial charge in [-0.25, -0.2) is 0 Å². The van der Waals surface area contributed by atoms with Gasteiger partial charge in [0.1, 0.15) is 12.4 Å². The number of rotatable bonds is 7. The Morgan fingerprint density at radius 3 is 2.46 bits per heavy atom. The van der Waals surface area contributed by atoms with Crippen molar-refractivity contribution >= 4 is 35.3 Å². The number of benzene rings is 1. The topological polar surface area (TPSA) is 58.6 Å². The Balaban J connectivity index is 2.13. The number of thioether (sulfide) groups is 2. The Kier molecular flexibility index (Phi) is 7.06. The third-order valence-electron chi connectivity index (χ3n) is 4.26. The van der Waals surface area contributed by atoms with E-state index in [1.807, 2.05) is 56.7 Å². The molecule has 1 fully saturated rings. The molecule has 0 bridgehead atoms. The van der Waals surface area contributed by atoms with E-state index in [0.29, 0.717) is 13.0 Å². The molecular weight excluding hydrogens is 368 g/mol. The first-order valence-electron chi connectivity index (χ1n) is 8.35. The fourth-order valence-corrected chi connectivity index (χ4v) is 4.29. The lowest BCUT2D eigenvalue weighted by Crippen LogP contribution is -2.68. The maximum Gasteiger partial charge on any atom is 0.260 e. The molecule has 2 rings (SSSR count). The zero-order valence-electron chi connectivity index (χ0n) is 15.9. The zero-order valence-corrected chi connectivity index (χ0v) is 17.5. The predicted molar refractivity (Wildman–Crippen MR) is 110 cm³/mol. The Hall–Kier alpha value is -1.60. The molecule has 0 radical (unpaired) electrons. The van der Waals surface area contributed by atoms with Gasteiger partial charge in [0.25, 0.3) is 11.8 Å². The smallest absolute Gasteiger partial charge is 0.260 e. The van der Waals surface area contributed by atoms with Crippen LogP contribution < -0.4 is 10.1 Å². The first-order chi connectivity index (χ1) is 12.3. The molecule has 0 aliphatic carbocycles. The molecule has 2 amide bonds. The lowest BCUT2D eigenvalue weighted by Gasteiger charge is -2.43. The molecule has 1 aliphatic heterocycles. The molecule has 1 aromatic rings. The standard InChI is InChI=1S/C19H26N2O3S2/c1-13(2)10-11-24-15-8-6-14(7-9-15)12-19(26-5)18(23)21(3)17(25-4)16(22)20-19/h6-10,17H,11-12H2,1-5H3,(H,20,22)/t17-,19-/m1/s1. The summed E-state index contributed by atoms with van der Waals surface area (Å²) >= 11 is 2.72. The van der Waals surface area contributed by atoms with Crippen molar-refractivity contribution in [2.45, 2.75) is 30.5 Å². The second-order valence-electron chi connectivity index (χ2n) is 6.44. The first kappa shape index (κ1) is 20.7. The number of piperazine rings is 1. The molecule has 0 unspecified atom stereocenters. The second-order valence-corrected chi connectivity index (χ2v) is 8.46. The van der Waals surface area contributed by atoms with Crippen molar-refractivity contribution < 1.29 is 14.3 Å². The van der Waals surface area contributed by atoms with Crippen molar-refractivity contribution in [3.63, 3.8) is 0 Å². The van der Waals surface area contributed by atoms with Gasteiger partial charge in [0.15, 0.2) is 10.2 Å². The van der Waals surface area contributed by atoms with Gasteiger partial charge in [0, 0.05) is 13.5 Å². The van der Waals surface area contributed by atoms with Crippen LogP contribution in [-0.4, -0.2) is 53.1 Å². The summed E-state index contributed by atoms with van der Waals surface area (Å²) in [5.74, 6) is 0.575. The third-order valence-corrected chi connectivity index (χ3v) is 6.35. The van der Waals surface area contributed by atoms with Crippen molar-refractivity contribution in [2.75, 3.05) is 26.2 Å². The van der Waals surface area contributed by atoms with E-state index in [0.717, 1.165) is 11.3 Å². The van der Waals surface area contributed by atoms with Gasteiger partial charge in [-0.3, -0.25) is 9.59 Å². The average molecular weight is 395 g/mol. The molecule has 1 aromatic carbocycles. The van der Waals surface area contributed by atoms with E-state index >= 15 is 0 Å². The molecule has 1 N–H and O–H groups in total. The minimum Gasteiger partial charge on any atom is -0.490 e. The Morgan fingerprint density at radius 1 is 1.27 bits per heavy atom. The van der Waals surface area contributed by atoms with Crippen LogP contribution in [0.1, 0.15) is 19.4 Å². The fraction of sp³-hybridized carbons (Fsp3) is 0.474. The van der Waals surface area contributed by atoms with E-state index in [4.69, 9.17) is 4.74 Å². The highest BCUT2D eigenvalue weighted by Gasteiger charge is 2.49. The van der Waals surface area contributed by atoms with Gasteiger partial charge < -0.3 is 15.0 Å². The molecule has 1 saturated heterocycles. The molecule has 0 aromatic heterocycles. The predicted octanol–water partition coefficient (Wildman–Crippen LogP) is 2.91. The minimum absolute atomic E-state index is 0.0761. The van der Waals surface area contributed by atoms with Gasteiger partial charge in [-0.15, -0.1) is 23.5 Å². The summed E-state index contributed by atoms with van der Waals surface area (Å²) in [5, 5.41) is 2.47. The van der Waals surface area contributed by atoms with Crippen LogP contribution in [0.4, 0.5) is 0 Å². The highest BCUT2D eigenvalue weighted by molar-refractivity contribution is 8.01. The molecule has 0 spiro atoms. The quantitative estimate of drug-likeness (QED) is 0.721. The zero-order chi connectivity index (χ0) is 19.3. The summed E-state index contributed by atoms with van der Waals surface area (Å²) < 4.78 is 5.67. The summed E-state index contributed by atoms with van der Waals surface area (Å²) in [6, 6.07) is 7.67. The maximum absolute atomic E-state index is 12.9. The van der Waals surface area contributed by atoms with Crippen LogP contribution in [0.25, 0.3) is 0 Å². The molecule has 5 nitrogen and oxygen atoms in total. The van der Waals surface area contributed by atoms with Crippen LogP contribution >= 0.6 is 23.5 Å². The highest BCUT2D eigenvalue weighted by atomic mass is 32.2. The molecule has 1 heterocycles.